The molecule has 0 bridgehead atoms. The first-order chi connectivity index (χ1) is 9.47. The molecule has 1 aromatic carbocycles. The van der Waals surface area contributed by atoms with Crippen LogP contribution in [0.3, 0.4) is 0 Å². The van der Waals surface area contributed by atoms with Gasteiger partial charge in [0.1, 0.15) is 0 Å². The van der Waals surface area contributed by atoms with Crippen LogP contribution in [0, 0.1) is 6.92 Å². The quantitative estimate of drug-likeness (QED) is 0.883. The van der Waals surface area contributed by atoms with Gasteiger partial charge in [0.15, 0.2) is 0 Å². The normalized spacial score (nSPS) is 18.4. The fraction of sp³-hybridized carbons (Fsp3) is 0.429. The smallest absolute Gasteiger partial charge is 0.239 e. The molecule has 1 aliphatic heterocycles. The molecule has 0 aliphatic carbocycles. The summed E-state index contributed by atoms with van der Waals surface area (Å²) in [5.74, 6) is -0.144. The summed E-state index contributed by atoms with van der Waals surface area (Å²) in [7, 11) is 1.76. The van der Waals surface area contributed by atoms with Gasteiger partial charge in [-0.3, -0.25) is 14.9 Å². The van der Waals surface area contributed by atoms with E-state index in [-0.39, 0.29) is 24.4 Å². The van der Waals surface area contributed by atoms with Crippen molar-refractivity contribution in [1.82, 2.24) is 10.2 Å². The molecule has 6 heteroatoms. The van der Waals surface area contributed by atoms with Gasteiger partial charge in [0, 0.05) is 24.3 Å². The highest BCUT2D eigenvalue weighted by molar-refractivity contribution is 6.31. The molecule has 1 saturated heterocycles. The van der Waals surface area contributed by atoms with E-state index in [9.17, 15) is 9.59 Å². The van der Waals surface area contributed by atoms with Gasteiger partial charge in [-0.2, -0.15) is 0 Å². The minimum atomic E-state index is -0.258. The fourth-order valence-electron chi connectivity index (χ4n) is 2.15. The van der Waals surface area contributed by atoms with Crippen molar-refractivity contribution < 1.29 is 9.59 Å². The molecule has 1 fully saturated rings. The van der Waals surface area contributed by atoms with Crippen LogP contribution in [0.5, 0.6) is 0 Å². The molecule has 2 N–H and O–H groups in total. The van der Waals surface area contributed by atoms with Crippen molar-refractivity contribution in [3.8, 4) is 0 Å². The predicted octanol–water partition coefficient (Wildman–Crippen LogP) is 1.41. The van der Waals surface area contributed by atoms with Crippen molar-refractivity contribution in [1.29, 1.82) is 0 Å². The van der Waals surface area contributed by atoms with E-state index in [1.165, 1.54) is 0 Å². The van der Waals surface area contributed by atoms with E-state index in [0.29, 0.717) is 10.7 Å². The summed E-state index contributed by atoms with van der Waals surface area (Å²) >= 11 is 5.90. The topological polar surface area (TPSA) is 61.4 Å². The van der Waals surface area contributed by atoms with Gasteiger partial charge >= 0.3 is 0 Å². The molecule has 20 heavy (non-hydrogen) atoms. The minimum Gasteiger partial charge on any atom is -0.344 e. The number of likely N-dealkylation sites (N-methyl/N-ethyl adjacent to an activating group) is 1. The minimum absolute atomic E-state index is 0.0386. The zero-order chi connectivity index (χ0) is 14.7. The van der Waals surface area contributed by atoms with Crippen LogP contribution in [0.25, 0.3) is 0 Å². The number of halogens is 1. The standard InChI is InChI=1S/C14H18ClN3O2/c1-9-3-4-10(15)7-12(9)17-13(19)8-16-11-5-6-18(2)14(11)20/h3-4,7,11,16H,5-6,8H2,1-2H3,(H,17,19). The SMILES string of the molecule is Cc1ccc(Cl)cc1NC(=O)CNC1CCN(C)C1=O. The van der Waals surface area contributed by atoms with Crippen LogP contribution < -0.4 is 10.6 Å². The molecule has 1 aromatic rings. The molecule has 1 heterocycles. The number of benzene rings is 1. The van der Waals surface area contributed by atoms with Crippen LogP contribution in [-0.4, -0.2) is 42.9 Å². The molecular formula is C14H18ClN3O2. The van der Waals surface area contributed by atoms with Gasteiger partial charge in [0.25, 0.3) is 0 Å². The Morgan fingerprint density at radius 3 is 2.90 bits per heavy atom. The molecule has 0 spiro atoms. The molecule has 108 valence electrons. The lowest BCUT2D eigenvalue weighted by Crippen LogP contribution is -2.41. The number of aryl methyl sites for hydroxylation is 1. The molecule has 1 aliphatic rings. The summed E-state index contributed by atoms with van der Waals surface area (Å²) < 4.78 is 0. The Balaban J connectivity index is 1.87. The van der Waals surface area contributed by atoms with Crippen LogP contribution in [-0.2, 0) is 9.59 Å². The highest BCUT2D eigenvalue weighted by atomic mass is 35.5. The Hall–Kier alpha value is -1.59. The zero-order valence-corrected chi connectivity index (χ0v) is 12.3. The Labute approximate surface area is 123 Å². The van der Waals surface area contributed by atoms with Crippen molar-refractivity contribution in [2.45, 2.75) is 19.4 Å². The number of anilines is 1. The summed E-state index contributed by atoms with van der Waals surface area (Å²) in [5.41, 5.74) is 1.64. The molecule has 1 atom stereocenters. The monoisotopic (exact) mass is 295 g/mol. The van der Waals surface area contributed by atoms with Gasteiger partial charge in [-0.1, -0.05) is 17.7 Å². The van der Waals surface area contributed by atoms with Gasteiger partial charge in [0.05, 0.1) is 12.6 Å². The summed E-state index contributed by atoms with van der Waals surface area (Å²) in [4.78, 5) is 25.2. The second kappa shape index (κ2) is 6.24. The number of likely N-dealkylation sites (tertiary alicyclic amines) is 1. The highest BCUT2D eigenvalue weighted by Crippen LogP contribution is 2.19. The van der Waals surface area contributed by atoms with E-state index >= 15 is 0 Å². The van der Waals surface area contributed by atoms with Crippen molar-refractivity contribution >= 4 is 29.1 Å². The number of rotatable bonds is 4. The second-order valence-electron chi connectivity index (χ2n) is 4.99. The van der Waals surface area contributed by atoms with E-state index < -0.39 is 0 Å². The third-order valence-corrected chi connectivity index (χ3v) is 3.65. The Bertz CT molecular complexity index is 533. The van der Waals surface area contributed by atoms with Crippen LogP contribution >= 0.6 is 11.6 Å². The Morgan fingerprint density at radius 1 is 1.50 bits per heavy atom. The molecule has 1 unspecified atom stereocenters. The number of carbonyl (C=O) groups is 2. The average molecular weight is 296 g/mol. The molecule has 2 amide bonds. The van der Waals surface area contributed by atoms with Crippen molar-refractivity contribution in [3.63, 3.8) is 0 Å². The lowest BCUT2D eigenvalue weighted by atomic mass is 10.2. The maximum atomic E-state index is 11.9. The van der Waals surface area contributed by atoms with Crippen LogP contribution in [0.4, 0.5) is 5.69 Å². The molecule has 2 rings (SSSR count). The third kappa shape index (κ3) is 3.49. The summed E-state index contributed by atoms with van der Waals surface area (Å²) in [6, 6.07) is 5.08. The van der Waals surface area contributed by atoms with Crippen LogP contribution in [0.1, 0.15) is 12.0 Å². The second-order valence-corrected chi connectivity index (χ2v) is 5.43. The van der Waals surface area contributed by atoms with Crippen molar-refractivity contribution in [3.05, 3.63) is 28.8 Å². The van der Waals surface area contributed by atoms with Crippen LogP contribution in [0.2, 0.25) is 5.02 Å². The number of hydrogen-bond acceptors (Lipinski definition) is 3. The fourth-order valence-corrected chi connectivity index (χ4v) is 2.32. The van der Waals surface area contributed by atoms with E-state index in [1.807, 2.05) is 13.0 Å². The summed E-state index contributed by atoms with van der Waals surface area (Å²) in [6.07, 6.45) is 0.735. The number of carbonyl (C=O) groups excluding carboxylic acids is 2. The van der Waals surface area contributed by atoms with Gasteiger partial charge in [-0.15, -0.1) is 0 Å². The van der Waals surface area contributed by atoms with E-state index in [4.69, 9.17) is 11.6 Å². The molecule has 5 nitrogen and oxygen atoms in total. The third-order valence-electron chi connectivity index (χ3n) is 3.41. The average Bonchev–Trinajstić information content (AvgIpc) is 2.72. The molecule has 0 radical (unpaired) electrons. The summed E-state index contributed by atoms with van der Waals surface area (Å²) in [5, 5.41) is 6.35. The maximum Gasteiger partial charge on any atom is 0.239 e. The van der Waals surface area contributed by atoms with E-state index in [1.54, 1.807) is 24.1 Å². The summed E-state index contributed by atoms with van der Waals surface area (Å²) in [6.45, 7) is 2.73. The molecule has 0 saturated carbocycles. The predicted molar refractivity (Wildman–Crippen MR) is 78.9 cm³/mol. The number of nitrogens with one attached hydrogen (secondary N) is 2. The van der Waals surface area contributed by atoms with E-state index in [0.717, 1.165) is 18.5 Å². The molecule has 0 aromatic heterocycles. The highest BCUT2D eigenvalue weighted by Gasteiger charge is 2.28. The van der Waals surface area contributed by atoms with Crippen molar-refractivity contribution in [2.24, 2.45) is 0 Å². The van der Waals surface area contributed by atoms with Gasteiger partial charge in [-0.25, -0.2) is 0 Å². The van der Waals surface area contributed by atoms with Gasteiger partial charge in [-0.05, 0) is 31.0 Å². The largest absolute Gasteiger partial charge is 0.344 e. The maximum absolute atomic E-state index is 11.9. The van der Waals surface area contributed by atoms with Gasteiger partial charge in [0.2, 0.25) is 11.8 Å². The Morgan fingerprint density at radius 2 is 2.25 bits per heavy atom. The lowest BCUT2D eigenvalue weighted by molar-refractivity contribution is -0.128. The Kier molecular flexibility index (Phi) is 4.62. The first-order valence-electron chi connectivity index (χ1n) is 6.52. The first kappa shape index (κ1) is 14.8. The number of amides is 2. The first-order valence-corrected chi connectivity index (χ1v) is 6.89. The van der Waals surface area contributed by atoms with Crippen molar-refractivity contribution in [2.75, 3.05) is 25.5 Å². The van der Waals surface area contributed by atoms with Crippen LogP contribution in [0.15, 0.2) is 18.2 Å². The van der Waals surface area contributed by atoms with Gasteiger partial charge < -0.3 is 10.2 Å². The van der Waals surface area contributed by atoms with E-state index in [2.05, 4.69) is 10.6 Å². The lowest BCUT2D eigenvalue weighted by Gasteiger charge is -2.13. The zero-order valence-electron chi connectivity index (χ0n) is 11.6. The number of nitrogens with zero attached hydrogens (tertiary/aromatic N) is 1. The number of hydrogen-bond donors (Lipinski definition) is 2. The molecular weight excluding hydrogens is 278 g/mol.